The molecule has 2 heteroatoms. The van der Waals surface area contributed by atoms with Crippen LogP contribution >= 0.6 is 0 Å². The SMILES string of the molecule is Nc1ccc(C2(O)CCCCCC2)cc1. The van der Waals surface area contributed by atoms with Crippen molar-refractivity contribution < 1.29 is 5.11 Å². The molecule has 0 aliphatic heterocycles. The first-order valence-corrected chi connectivity index (χ1v) is 5.79. The highest BCUT2D eigenvalue weighted by atomic mass is 16.3. The van der Waals surface area contributed by atoms with Gasteiger partial charge in [0.2, 0.25) is 0 Å². The van der Waals surface area contributed by atoms with E-state index in [9.17, 15) is 5.11 Å². The van der Waals surface area contributed by atoms with E-state index in [2.05, 4.69) is 0 Å². The van der Waals surface area contributed by atoms with Gasteiger partial charge in [-0.05, 0) is 30.5 Å². The molecule has 82 valence electrons. The number of benzene rings is 1. The number of hydrogen-bond acceptors (Lipinski definition) is 2. The van der Waals surface area contributed by atoms with Crippen molar-refractivity contribution in [3.05, 3.63) is 29.8 Å². The van der Waals surface area contributed by atoms with Crippen LogP contribution in [-0.4, -0.2) is 5.11 Å². The highest BCUT2D eigenvalue weighted by Gasteiger charge is 2.29. The molecule has 0 spiro atoms. The van der Waals surface area contributed by atoms with Crippen LogP contribution < -0.4 is 5.73 Å². The Labute approximate surface area is 91.1 Å². The summed E-state index contributed by atoms with van der Waals surface area (Å²) < 4.78 is 0. The number of hydrogen-bond donors (Lipinski definition) is 2. The molecule has 0 heterocycles. The van der Waals surface area contributed by atoms with E-state index in [1.807, 2.05) is 24.3 Å². The van der Waals surface area contributed by atoms with E-state index in [1.54, 1.807) is 0 Å². The van der Waals surface area contributed by atoms with Gasteiger partial charge in [-0.2, -0.15) is 0 Å². The summed E-state index contributed by atoms with van der Waals surface area (Å²) in [6, 6.07) is 7.66. The molecule has 2 rings (SSSR count). The molecule has 0 amide bonds. The summed E-state index contributed by atoms with van der Waals surface area (Å²) in [6.45, 7) is 0. The first-order valence-electron chi connectivity index (χ1n) is 5.79. The molecule has 1 fully saturated rings. The Morgan fingerprint density at radius 2 is 1.47 bits per heavy atom. The Morgan fingerprint density at radius 3 is 2.00 bits per heavy atom. The Bertz CT molecular complexity index is 310. The molecule has 3 N–H and O–H groups in total. The zero-order valence-electron chi connectivity index (χ0n) is 9.08. The maximum Gasteiger partial charge on any atom is 0.0896 e. The van der Waals surface area contributed by atoms with Gasteiger partial charge in [-0.3, -0.25) is 0 Å². The molecule has 2 nitrogen and oxygen atoms in total. The van der Waals surface area contributed by atoms with Crippen molar-refractivity contribution >= 4 is 5.69 Å². The lowest BCUT2D eigenvalue weighted by atomic mass is 9.86. The quantitative estimate of drug-likeness (QED) is 0.547. The van der Waals surface area contributed by atoms with Crippen LogP contribution in [0.3, 0.4) is 0 Å². The molecule has 1 aliphatic rings. The second kappa shape index (κ2) is 4.23. The summed E-state index contributed by atoms with van der Waals surface area (Å²) >= 11 is 0. The van der Waals surface area contributed by atoms with E-state index in [0.717, 1.165) is 36.9 Å². The van der Waals surface area contributed by atoms with Crippen molar-refractivity contribution in [2.75, 3.05) is 5.73 Å². The Kier molecular flexibility index (Phi) is 2.96. The number of nitrogens with two attached hydrogens (primary N) is 1. The van der Waals surface area contributed by atoms with Crippen molar-refractivity contribution in [2.24, 2.45) is 0 Å². The van der Waals surface area contributed by atoms with Gasteiger partial charge in [0.05, 0.1) is 5.60 Å². The van der Waals surface area contributed by atoms with Gasteiger partial charge in [0, 0.05) is 5.69 Å². The third-order valence-electron chi connectivity index (χ3n) is 3.38. The van der Waals surface area contributed by atoms with Gasteiger partial charge in [-0.15, -0.1) is 0 Å². The number of aliphatic hydroxyl groups is 1. The van der Waals surface area contributed by atoms with Gasteiger partial charge in [-0.25, -0.2) is 0 Å². The van der Waals surface area contributed by atoms with Crippen LogP contribution in [0.4, 0.5) is 5.69 Å². The predicted octanol–water partition coefficient (Wildman–Crippen LogP) is 2.81. The molecule has 0 atom stereocenters. The molecule has 1 aliphatic carbocycles. The maximum absolute atomic E-state index is 10.6. The summed E-state index contributed by atoms with van der Waals surface area (Å²) in [5.41, 5.74) is 6.83. The van der Waals surface area contributed by atoms with E-state index < -0.39 is 5.60 Å². The lowest BCUT2D eigenvalue weighted by Gasteiger charge is -2.27. The smallest absolute Gasteiger partial charge is 0.0896 e. The molecule has 0 unspecified atom stereocenters. The van der Waals surface area contributed by atoms with Crippen molar-refractivity contribution in [3.8, 4) is 0 Å². The average Bonchev–Trinajstić information content (AvgIpc) is 2.45. The fourth-order valence-electron chi connectivity index (χ4n) is 2.40. The third kappa shape index (κ3) is 2.32. The summed E-state index contributed by atoms with van der Waals surface area (Å²) in [5.74, 6) is 0. The standard InChI is InChI=1S/C13H19NO/c14-12-7-5-11(6-8-12)13(15)9-3-1-2-4-10-13/h5-8,15H,1-4,9-10,14H2. The van der Waals surface area contributed by atoms with Crippen molar-refractivity contribution in [3.63, 3.8) is 0 Å². The Hall–Kier alpha value is -1.02. The van der Waals surface area contributed by atoms with Gasteiger partial charge >= 0.3 is 0 Å². The fraction of sp³-hybridized carbons (Fsp3) is 0.538. The predicted molar refractivity (Wildman–Crippen MR) is 62.5 cm³/mol. The molecule has 1 aromatic rings. The van der Waals surface area contributed by atoms with Gasteiger partial charge in [0.1, 0.15) is 0 Å². The van der Waals surface area contributed by atoms with Crippen LogP contribution in [-0.2, 0) is 5.60 Å². The minimum absolute atomic E-state index is 0.607. The van der Waals surface area contributed by atoms with E-state index in [4.69, 9.17) is 5.73 Å². The zero-order chi connectivity index (χ0) is 10.7. The van der Waals surface area contributed by atoms with Crippen LogP contribution in [0, 0.1) is 0 Å². The summed E-state index contributed by atoms with van der Waals surface area (Å²) in [7, 11) is 0. The fourth-order valence-corrected chi connectivity index (χ4v) is 2.40. The van der Waals surface area contributed by atoms with Crippen LogP contribution in [0.2, 0.25) is 0 Å². The van der Waals surface area contributed by atoms with Crippen molar-refractivity contribution in [1.29, 1.82) is 0 Å². The topological polar surface area (TPSA) is 46.2 Å². The number of anilines is 1. The van der Waals surface area contributed by atoms with E-state index in [1.165, 1.54) is 12.8 Å². The summed E-state index contributed by atoms with van der Waals surface area (Å²) in [5, 5.41) is 10.6. The summed E-state index contributed by atoms with van der Waals surface area (Å²) in [4.78, 5) is 0. The number of rotatable bonds is 1. The zero-order valence-corrected chi connectivity index (χ0v) is 9.08. The van der Waals surface area contributed by atoms with Crippen LogP contribution in [0.5, 0.6) is 0 Å². The average molecular weight is 205 g/mol. The number of nitrogen functional groups attached to an aromatic ring is 1. The second-order valence-electron chi connectivity index (χ2n) is 4.57. The van der Waals surface area contributed by atoms with E-state index >= 15 is 0 Å². The molecule has 0 bridgehead atoms. The second-order valence-corrected chi connectivity index (χ2v) is 4.57. The highest BCUT2D eigenvalue weighted by Crippen LogP contribution is 2.35. The van der Waals surface area contributed by atoms with Gasteiger partial charge in [0.15, 0.2) is 0 Å². The molecule has 0 radical (unpaired) electrons. The molecule has 1 saturated carbocycles. The first kappa shape index (κ1) is 10.5. The molecular formula is C13H19NO. The largest absolute Gasteiger partial charge is 0.399 e. The van der Waals surface area contributed by atoms with Crippen molar-refractivity contribution in [1.82, 2.24) is 0 Å². The lowest BCUT2D eigenvalue weighted by Crippen LogP contribution is -2.24. The normalized spacial score (nSPS) is 20.9. The van der Waals surface area contributed by atoms with E-state index in [-0.39, 0.29) is 0 Å². The van der Waals surface area contributed by atoms with Gasteiger partial charge in [0.25, 0.3) is 0 Å². The monoisotopic (exact) mass is 205 g/mol. The van der Waals surface area contributed by atoms with Crippen molar-refractivity contribution in [2.45, 2.75) is 44.1 Å². The Morgan fingerprint density at radius 1 is 0.933 bits per heavy atom. The van der Waals surface area contributed by atoms with Gasteiger partial charge < -0.3 is 10.8 Å². The lowest BCUT2D eigenvalue weighted by molar-refractivity contribution is 0.0207. The minimum Gasteiger partial charge on any atom is -0.399 e. The molecular weight excluding hydrogens is 186 g/mol. The first-order chi connectivity index (χ1) is 7.21. The molecule has 15 heavy (non-hydrogen) atoms. The molecule has 0 saturated heterocycles. The molecule has 0 aromatic heterocycles. The van der Waals surface area contributed by atoms with E-state index in [0.29, 0.717) is 0 Å². The molecule has 1 aromatic carbocycles. The van der Waals surface area contributed by atoms with Crippen LogP contribution in [0.1, 0.15) is 44.1 Å². The highest BCUT2D eigenvalue weighted by molar-refractivity contribution is 5.40. The van der Waals surface area contributed by atoms with Gasteiger partial charge in [-0.1, -0.05) is 37.8 Å². The Balaban J connectivity index is 2.22. The minimum atomic E-state index is -0.607. The maximum atomic E-state index is 10.6. The van der Waals surface area contributed by atoms with Crippen LogP contribution in [0.15, 0.2) is 24.3 Å². The van der Waals surface area contributed by atoms with Crippen LogP contribution in [0.25, 0.3) is 0 Å². The third-order valence-corrected chi connectivity index (χ3v) is 3.38. The summed E-state index contributed by atoms with van der Waals surface area (Å²) in [6.07, 6.45) is 6.52.